The first-order valence-electron chi connectivity index (χ1n) is 11.1. The number of piperidine rings is 1. The van der Waals surface area contributed by atoms with E-state index in [0.29, 0.717) is 6.54 Å². The molecule has 0 radical (unpaired) electrons. The van der Waals surface area contributed by atoms with Crippen LogP contribution in [0, 0.1) is 18.8 Å². The third-order valence-electron chi connectivity index (χ3n) is 5.54. The van der Waals surface area contributed by atoms with Crippen molar-refractivity contribution in [2.24, 2.45) is 0 Å². The quantitative estimate of drug-likeness (QED) is 0.650. The molecule has 2 aliphatic heterocycles. The Morgan fingerprint density at radius 2 is 2.09 bits per heavy atom. The molecular formula is C23H30N6O2S. The number of carbonyl (C=O) groups excluding carboxylic acids is 1. The number of pyridine rings is 1. The molecule has 9 heteroatoms. The van der Waals surface area contributed by atoms with Crippen molar-refractivity contribution in [3.63, 3.8) is 0 Å². The van der Waals surface area contributed by atoms with Gasteiger partial charge in [0.2, 0.25) is 0 Å². The van der Waals surface area contributed by atoms with Crippen LogP contribution in [0.5, 0.6) is 0 Å². The standard InChI is InChI=1S/C23H30N6O2S/c1-3-5-22(30)29-7-4-6-19(16-29)25-20-12-18(15-28-8-10-31-11-9-28)13-21(26-20)27-23-24-14-17(2)32-23/h12-14,19H,4,6-11,15-16H2,1-2H3,(H2,24,25,26,27). The van der Waals surface area contributed by atoms with E-state index in [9.17, 15) is 4.79 Å². The highest BCUT2D eigenvalue weighted by atomic mass is 32.1. The Labute approximate surface area is 193 Å². The number of hydrogen-bond donors (Lipinski definition) is 2. The summed E-state index contributed by atoms with van der Waals surface area (Å²) in [5.74, 6) is 6.84. The number of likely N-dealkylation sites (tertiary alicyclic amines) is 1. The molecule has 4 rings (SSSR count). The van der Waals surface area contributed by atoms with Crippen LogP contribution in [0.1, 0.15) is 30.2 Å². The van der Waals surface area contributed by atoms with Gasteiger partial charge >= 0.3 is 0 Å². The molecule has 2 N–H and O–H groups in total. The Kier molecular flexibility index (Phi) is 7.58. The monoisotopic (exact) mass is 454 g/mol. The molecule has 170 valence electrons. The lowest BCUT2D eigenvalue weighted by Gasteiger charge is -2.32. The van der Waals surface area contributed by atoms with Crippen molar-refractivity contribution in [3.8, 4) is 11.8 Å². The van der Waals surface area contributed by atoms with Crippen molar-refractivity contribution in [1.82, 2.24) is 19.8 Å². The zero-order valence-corrected chi connectivity index (χ0v) is 19.5. The van der Waals surface area contributed by atoms with Gasteiger partial charge in [-0.2, -0.15) is 0 Å². The summed E-state index contributed by atoms with van der Waals surface area (Å²) in [6, 6.07) is 4.35. The number of carbonyl (C=O) groups is 1. The molecule has 0 aromatic carbocycles. The maximum Gasteiger partial charge on any atom is 0.298 e. The highest BCUT2D eigenvalue weighted by Gasteiger charge is 2.23. The molecule has 0 spiro atoms. The molecule has 0 aliphatic carbocycles. The fraction of sp³-hybridized carbons (Fsp3) is 0.522. The summed E-state index contributed by atoms with van der Waals surface area (Å²) in [5.41, 5.74) is 1.18. The summed E-state index contributed by atoms with van der Waals surface area (Å²) in [6.07, 6.45) is 3.80. The average molecular weight is 455 g/mol. The third kappa shape index (κ3) is 6.19. The molecule has 1 amide bonds. The van der Waals surface area contributed by atoms with E-state index < -0.39 is 0 Å². The average Bonchev–Trinajstić information content (AvgIpc) is 3.19. The van der Waals surface area contributed by atoms with E-state index in [1.807, 2.05) is 18.0 Å². The van der Waals surface area contributed by atoms with Crippen molar-refractivity contribution in [3.05, 3.63) is 28.8 Å². The highest BCUT2D eigenvalue weighted by Crippen LogP contribution is 2.25. The minimum Gasteiger partial charge on any atom is -0.379 e. The summed E-state index contributed by atoms with van der Waals surface area (Å²) in [5, 5.41) is 7.75. The Balaban J connectivity index is 1.51. The molecule has 4 heterocycles. The second-order valence-corrected chi connectivity index (χ2v) is 9.38. The van der Waals surface area contributed by atoms with Crippen LogP contribution in [0.2, 0.25) is 0 Å². The maximum atomic E-state index is 12.2. The zero-order valence-electron chi connectivity index (χ0n) is 18.7. The first-order valence-corrected chi connectivity index (χ1v) is 11.9. The third-order valence-corrected chi connectivity index (χ3v) is 6.37. The van der Waals surface area contributed by atoms with Crippen LogP contribution in [0.4, 0.5) is 16.8 Å². The fourth-order valence-electron chi connectivity index (χ4n) is 4.03. The topological polar surface area (TPSA) is 82.6 Å². The van der Waals surface area contributed by atoms with Gasteiger partial charge in [0.05, 0.1) is 13.2 Å². The summed E-state index contributed by atoms with van der Waals surface area (Å²) >= 11 is 1.61. The Bertz CT molecular complexity index is 992. The van der Waals surface area contributed by atoms with Crippen molar-refractivity contribution >= 4 is 34.0 Å². The van der Waals surface area contributed by atoms with Gasteiger partial charge in [0.25, 0.3) is 5.91 Å². The van der Waals surface area contributed by atoms with Crippen molar-refractivity contribution < 1.29 is 9.53 Å². The van der Waals surface area contributed by atoms with Crippen LogP contribution in [0.3, 0.4) is 0 Å². The van der Waals surface area contributed by atoms with Crippen molar-refractivity contribution in [2.45, 2.75) is 39.3 Å². The predicted octanol–water partition coefficient (Wildman–Crippen LogP) is 2.85. The molecule has 32 heavy (non-hydrogen) atoms. The van der Waals surface area contributed by atoms with Gasteiger partial charge in [-0.3, -0.25) is 9.69 Å². The molecule has 8 nitrogen and oxygen atoms in total. The van der Waals surface area contributed by atoms with E-state index in [4.69, 9.17) is 9.72 Å². The summed E-state index contributed by atoms with van der Waals surface area (Å²) in [6.45, 7) is 9.36. The van der Waals surface area contributed by atoms with Crippen LogP contribution in [-0.2, 0) is 16.1 Å². The Morgan fingerprint density at radius 1 is 1.28 bits per heavy atom. The predicted molar refractivity (Wildman–Crippen MR) is 127 cm³/mol. The van der Waals surface area contributed by atoms with Crippen molar-refractivity contribution in [2.75, 3.05) is 50.0 Å². The summed E-state index contributed by atoms with van der Waals surface area (Å²) < 4.78 is 5.49. The van der Waals surface area contributed by atoms with Gasteiger partial charge in [0.15, 0.2) is 5.13 Å². The lowest BCUT2D eigenvalue weighted by atomic mass is 10.1. The van der Waals surface area contributed by atoms with E-state index in [-0.39, 0.29) is 11.9 Å². The lowest BCUT2D eigenvalue weighted by molar-refractivity contribution is -0.126. The van der Waals surface area contributed by atoms with E-state index in [0.717, 1.165) is 73.9 Å². The van der Waals surface area contributed by atoms with Crippen LogP contribution in [0.15, 0.2) is 18.3 Å². The number of rotatable bonds is 6. The lowest BCUT2D eigenvalue weighted by Crippen LogP contribution is -2.44. The largest absolute Gasteiger partial charge is 0.379 e. The van der Waals surface area contributed by atoms with E-state index in [1.165, 1.54) is 5.56 Å². The van der Waals surface area contributed by atoms with Crippen LogP contribution in [0.25, 0.3) is 0 Å². The summed E-state index contributed by atoms with van der Waals surface area (Å²) in [4.78, 5) is 26.8. The first-order chi connectivity index (χ1) is 15.6. The number of anilines is 3. The molecular weight excluding hydrogens is 424 g/mol. The SMILES string of the molecule is CC#CC(=O)N1CCCC(Nc2cc(CN3CCOCC3)cc(Nc3ncc(C)s3)n2)C1. The molecule has 1 unspecified atom stereocenters. The van der Waals surface area contributed by atoms with E-state index in [1.54, 1.807) is 18.3 Å². The van der Waals surface area contributed by atoms with Gasteiger partial charge in [-0.15, -0.1) is 11.3 Å². The normalized spacial score (nSPS) is 19.2. The Morgan fingerprint density at radius 3 is 2.84 bits per heavy atom. The van der Waals surface area contributed by atoms with Crippen LogP contribution < -0.4 is 10.6 Å². The second-order valence-electron chi connectivity index (χ2n) is 8.15. The van der Waals surface area contributed by atoms with E-state index >= 15 is 0 Å². The van der Waals surface area contributed by atoms with Crippen LogP contribution in [-0.4, -0.2) is 71.1 Å². The molecule has 0 bridgehead atoms. The number of morpholine rings is 1. The molecule has 2 aliphatic rings. The molecule has 2 aromatic heterocycles. The number of nitrogens with one attached hydrogen (secondary N) is 2. The number of thiazole rings is 1. The number of aromatic nitrogens is 2. The highest BCUT2D eigenvalue weighted by molar-refractivity contribution is 7.15. The van der Waals surface area contributed by atoms with E-state index in [2.05, 4.69) is 44.5 Å². The minimum absolute atomic E-state index is 0.102. The molecule has 0 saturated carbocycles. The number of ether oxygens (including phenoxy) is 1. The minimum atomic E-state index is -0.102. The number of hydrogen-bond acceptors (Lipinski definition) is 8. The fourth-order valence-corrected chi connectivity index (χ4v) is 4.70. The van der Waals surface area contributed by atoms with Crippen LogP contribution >= 0.6 is 11.3 Å². The van der Waals surface area contributed by atoms with Crippen molar-refractivity contribution in [1.29, 1.82) is 0 Å². The van der Waals surface area contributed by atoms with Gasteiger partial charge in [0.1, 0.15) is 11.6 Å². The number of nitrogens with zero attached hydrogens (tertiary/aromatic N) is 4. The smallest absolute Gasteiger partial charge is 0.298 e. The van der Waals surface area contributed by atoms with Gasteiger partial charge in [0, 0.05) is 49.8 Å². The molecule has 2 fully saturated rings. The number of aryl methyl sites for hydroxylation is 1. The molecule has 2 aromatic rings. The second kappa shape index (κ2) is 10.8. The molecule has 2 saturated heterocycles. The summed E-state index contributed by atoms with van der Waals surface area (Å²) in [7, 11) is 0. The van der Waals surface area contributed by atoms with Gasteiger partial charge in [-0.1, -0.05) is 5.92 Å². The maximum absolute atomic E-state index is 12.2. The van der Waals surface area contributed by atoms with Gasteiger partial charge in [-0.25, -0.2) is 9.97 Å². The number of amides is 1. The molecule has 1 atom stereocenters. The van der Waals surface area contributed by atoms with Gasteiger partial charge in [-0.05, 0) is 50.3 Å². The Hall–Kier alpha value is -2.67. The first kappa shape index (κ1) is 22.5. The zero-order chi connectivity index (χ0) is 22.3. The van der Waals surface area contributed by atoms with Gasteiger partial charge < -0.3 is 20.3 Å².